The predicted octanol–water partition coefficient (Wildman–Crippen LogP) is 3.69. The summed E-state index contributed by atoms with van der Waals surface area (Å²) in [5, 5.41) is 2.80. The molecule has 0 bridgehead atoms. The van der Waals surface area contributed by atoms with Gasteiger partial charge in [0.2, 0.25) is 5.91 Å². The first-order valence-corrected chi connectivity index (χ1v) is 11.5. The fraction of sp³-hybridized carbons (Fsp3) is 0.308. The van der Waals surface area contributed by atoms with Crippen molar-refractivity contribution < 1.29 is 32.6 Å². The average Bonchev–Trinajstić information content (AvgIpc) is 3.59. The van der Waals surface area contributed by atoms with Gasteiger partial charge in [-0.15, -0.1) is 8.78 Å². The number of aromatic nitrogens is 2. The van der Waals surface area contributed by atoms with Gasteiger partial charge in [-0.3, -0.25) is 14.4 Å². The Morgan fingerprint density at radius 3 is 2.54 bits per heavy atom. The number of rotatable bonds is 6. The Hall–Kier alpha value is -4.28. The van der Waals surface area contributed by atoms with Gasteiger partial charge in [0, 0.05) is 6.20 Å². The number of anilines is 1. The van der Waals surface area contributed by atoms with E-state index >= 15 is 0 Å². The van der Waals surface area contributed by atoms with Crippen LogP contribution in [-0.4, -0.2) is 34.8 Å². The summed E-state index contributed by atoms with van der Waals surface area (Å²) < 4.78 is 41.7. The number of fused-ring (bicyclic) bond motifs is 1. The summed E-state index contributed by atoms with van der Waals surface area (Å²) in [6, 6.07) is 9.34. The Morgan fingerprint density at radius 2 is 1.84 bits per heavy atom. The number of alkyl halides is 2. The summed E-state index contributed by atoms with van der Waals surface area (Å²) >= 11 is 0. The van der Waals surface area contributed by atoms with Gasteiger partial charge in [0.25, 0.3) is 5.56 Å². The normalized spacial score (nSPS) is 16.2. The second-order valence-electron chi connectivity index (χ2n) is 9.17. The minimum absolute atomic E-state index is 0.0918. The largest absolute Gasteiger partial charge is 0.586 e. The molecule has 1 N–H and O–H groups in total. The van der Waals surface area contributed by atoms with E-state index < -0.39 is 23.2 Å². The molecule has 2 aromatic heterocycles. The molecule has 0 unspecified atom stereocenters. The molecule has 2 aliphatic rings. The van der Waals surface area contributed by atoms with Gasteiger partial charge in [-0.2, -0.15) is 0 Å². The molecule has 1 aliphatic carbocycles. The number of aryl methyl sites for hydroxylation is 2. The zero-order chi connectivity index (χ0) is 26.5. The van der Waals surface area contributed by atoms with Gasteiger partial charge in [-0.1, -0.05) is 12.1 Å². The Kier molecular flexibility index (Phi) is 5.73. The highest BCUT2D eigenvalue weighted by Crippen LogP contribution is 2.52. The van der Waals surface area contributed by atoms with Gasteiger partial charge in [0.15, 0.2) is 11.5 Å². The first-order chi connectivity index (χ1) is 17.5. The summed E-state index contributed by atoms with van der Waals surface area (Å²) in [6.07, 6.45) is -1.15. The van der Waals surface area contributed by atoms with Crippen molar-refractivity contribution in [2.24, 2.45) is 0 Å². The summed E-state index contributed by atoms with van der Waals surface area (Å²) in [4.78, 5) is 42.7. The number of carbonyl (C=O) groups is 2. The molecular weight excluding hydrogens is 488 g/mol. The Bertz CT molecular complexity index is 1500. The number of nitrogens with one attached hydrogen (secondary N) is 1. The van der Waals surface area contributed by atoms with Crippen LogP contribution < -0.4 is 20.3 Å². The molecule has 1 amide bonds. The van der Waals surface area contributed by atoms with Gasteiger partial charge in [0.1, 0.15) is 12.4 Å². The van der Waals surface area contributed by atoms with E-state index in [0.717, 1.165) is 5.56 Å². The molecule has 37 heavy (non-hydrogen) atoms. The quantitative estimate of drug-likeness (QED) is 0.503. The first kappa shape index (κ1) is 24.4. The van der Waals surface area contributed by atoms with E-state index in [2.05, 4.69) is 24.5 Å². The number of nitrogens with zero attached hydrogens (tertiary/aromatic N) is 2. The molecule has 192 valence electrons. The maximum absolute atomic E-state index is 13.4. The van der Waals surface area contributed by atoms with Crippen LogP contribution >= 0.6 is 0 Å². The number of methoxy groups -OCH3 is 1. The summed E-state index contributed by atoms with van der Waals surface area (Å²) in [5.74, 6) is -0.908. The smallest absolute Gasteiger partial charge is 0.468 e. The molecule has 1 saturated carbocycles. The van der Waals surface area contributed by atoms with Gasteiger partial charge < -0.3 is 24.1 Å². The Balaban J connectivity index is 1.43. The molecule has 3 heterocycles. The number of ether oxygens (including phenoxy) is 3. The van der Waals surface area contributed by atoms with E-state index in [1.807, 2.05) is 0 Å². The highest BCUT2D eigenvalue weighted by Gasteiger charge is 2.53. The number of esters is 1. The highest BCUT2D eigenvalue weighted by atomic mass is 19.3. The topological polar surface area (TPSA) is 109 Å². The van der Waals surface area contributed by atoms with E-state index in [0.29, 0.717) is 29.7 Å². The molecule has 1 fully saturated rings. The van der Waals surface area contributed by atoms with Crippen LogP contribution in [0.25, 0.3) is 11.3 Å². The lowest BCUT2D eigenvalue weighted by molar-refractivity contribution is -0.286. The molecule has 3 aromatic rings. The van der Waals surface area contributed by atoms with Crippen molar-refractivity contribution in [3.63, 3.8) is 0 Å². The third kappa shape index (κ3) is 4.52. The fourth-order valence-electron chi connectivity index (χ4n) is 4.40. The number of pyridine rings is 2. The van der Waals surface area contributed by atoms with E-state index in [-0.39, 0.29) is 35.3 Å². The lowest BCUT2D eigenvalue weighted by Gasteiger charge is -2.17. The number of amides is 1. The van der Waals surface area contributed by atoms with E-state index in [1.165, 1.54) is 23.8 Å². The first-order valence-electron chi connectivity index (χ1n) is 11.5. The SMILES string of the molecule is COC(=O)Cn1cc(C)cc(-c2nc(NC(=O)C3(c4ccc5c(c4)OC(F)(F)O5)CC3)ccc2C)c1=O. The van der Waals surface area contributed by atoms with Crippen molar-refractivity contribution in [3.05, 3.63) is 69.6 Å². The van der Waals surface area contributed by atoms with Crippen LogP contribution in [0.5, 0.6) is 11.5 Å². The molecule has 0 saturated heterocycles. The maximum atomic E-state index is 13.4. The molecular formula is C26H23F2N3O6. The van der Waals surface area contributed by atoms with Crippen LogP contribution in [-0.2, 0) is 26.3 Å². The molecule has 9 nitrogen and oxygen atoms in total. The van der Waals surface area contributed by atoms with Crippen molar-refractivity contribution >= 4 is 17.7 Å². The van der Waals surface area contributed by atoms with E-state index in [9.17, 15) is 23.2 Å². The summed E-state index contributed by atoms with van der Waals surface area (Å²) in [6.45, 7) is 3.32. The number of hydrogen-bond donors (Lipinski definition) is 1. The van der Waals surface area contributed by atoms with Crippen LogP contribution in [0.15, 0.2) is 47.4 Å². The number of carbonyl (C=O) groups excluding carboxylic acids is 2. The van der Waals surface area contributed by atoms with Crippen LogP contribution in [0.3, 0.4) is 0 Å². The molecule has 0 spiro atoms. The van der Waals surface area contributed by atoms with E-state index in [4.69, 9.17) is 0 Å². The average molecular weight is 511 g/mol. The minimum Gasteiger partial charge on any atom is -0.468 e. The molecule has 11 heteroatoms. The van der Waals surface area contributed by atoms with Crippen molar-refractivity contribution in [3.8, 4) is 22.8 Å². The van der Waals surface area contributed by atoms with Crippen LogP contribution in [0.4, 0.5) is 14.6 Å². The Morgan fingerprint density at radius 1 is 1.11 bits per heavy atom. The highest BCUT2D eigenvalue weighted by molar-refractivity contribution is 6.01. The second-order valence-corrected chi connectivity index (χ2v) is 9.17. The number of hydrogen-bond acceptors (Lipinski definition) is 7. The van der Waals surface area contributed by atoms with Gasteiger partial charge in [-0.25, -0.2) is 4.98 Å². The van der Waals surface area contributed by atoms with Crippen molar-refractivity contribution in [2.75, 3.05) is 12.4 Å². The standard InChI is InChI=1S/C26H23F2N3O6/c1-14-10-17(23(33)31(12-14)13-21(32)35-3)22-15(2)4-7-20(29-22)30-24(34)25(8-9-25)16-5-6-18-19(11-16)37-26(27,28)36-18/h4-7,10-12H,8-9,13H2,1-3H3,(H,29,30,34). The molecule has 5 rings (SSSR count). The molecule has 0 atom stereocenters. The molecule has 0 radical (unpaired) electrons. The number of halogens is 2. The van der Waals surface area contributed by atoms with Crippen molar-refractivity contribution in [2.45, 2.75) is 44.9 Å². The van der Waals surface area contributed by atoms with Crippen LogP contribution in [0, 0.1) is 13.8 Å². The van der Waals surface area contributed by atoms with E-state index in [1.54, 1.807) is 44.3 Å². The zero-order valence-electron chi connectivity index (χ0n) is 20.3. The number of benzene rings is 1. The summed E-state index contributed by atoms with van der Waals surface area (Å²) in [5.41, 5.74) is 1.26. The van der Waals surface area contributed by atoms with Crippen molar-refractivity contribution in [1.29, 1.82) is 0 Å². The lowest BCUT2D eigenvalue weighted by atomic mass is 9.94. The van der Waals surface area contributed by atoms with Gasteiger partial charge >= 0.3 is 12.3 Å². The summed E-state index contributed by atoms with van der Waals surface area (Å²) in [7, 11) is 1.24. The minimum atomic E-state index is -3.74. The fourth-order valence-corrected chi connectivity index (χ4v) is 4.40. The zero-order valence-corrected chi connectivity index (χ0v) is 20.3. The molecule has 1 aromatic carbocycles. The third-order valence-electron chi connectivity index (χ3n) is 6.48. The Labute approximate surface area is 210 Å². The monoisotopic (exact) mass is 511 g/mol. The van der Waals surface area contributed by atoms with Gasteiger partial charge in [-0.05, 0) is 67.6 Å². The van der Waals surface area contributed by atoms with Crippen molar-refractivity contribution in [1.82, 2.24) is 9.55 Å². The van der Waals surface area contributed by atoms with Gasteiger partial charge in [0.05, 0.1) is 23.8 Å². The molecule has 1 aliphatic heterocycles. The second kappa shape index (κ2) is 8.68. The third-order valence-corrected chi connectivity index (χ3v) is 6.48. The lowest BCUT2D eigenvalue weighted by Crippen LogP contribution is -2.28. The van der Waals surface area contributed by atoms with Crippen LogP contribution in [0.2, 0.25) is 0 Å². The maximum Gasteiger partial charge on any atom is 0.586 e. The van der Waals surface area contributed by atoms with Crippen LogP contribution in [0.1, 0.15) is 29.5 Å². The predicted molar refractivity (Wildman–Crippen MR) is 128 cm³/mol.